The highest BCUT2D eigenvalue weighted by Gasteiger charge is 2.18. The molecule has 0 atom stereocenters. The van der Waals surface area contributed by atoms with Crippen LogP contribution < -0.4 is 16.0 Å². The van der Waals surface area contributed by atoms with Crippen molar-refractivity contribution in [2.24, 2.45) is 5.73 Å². The van der Waals surface area contributed by atoms with Gasteiger partial charge in [0.2, 0.25) is 5.91 Å². The van der Waals surface area contributed by atoms with Crippen molar-refractivity contribution in [2.45, 2.75) is 25.4 Å². The number of benzene rings is 3. The lowest BCUT2D eigenvalue weighted by molar-refractivity contribution is 0.0997. The van der Waals surface area contributed by atoms with Crippen LogP contribution in [0, 0.1) is 11.3 Å². The first kappa shape index (κ1) is 24.0. The molecule has 0 saturated carbocycles. The summed E-state index contributed by atoms with van der Waals surface area (Å²) in [6, 6.07) is 20.1. The maximum absolute atomic E-state index is 12.9. The molecule has 5 rings (SSSR count). The number of fused-ring (bicyclic) bond motifs is 1. The van der Waals surface area contributed by atoms with E-state index in [1.165, 1.54) is 0 Å². The minimum Gasteiger partial charge on any atom is -0.393 e. The van der Waals surface area contributed by atoms with Crippen molar-refractivity contribution < 1.29 is 14.7 Å². The van der Waals surface area contributed by atoms with Gasteiger partial charge in [0.1, 0.15) is 0 Å². The number of nitrogens with one attached hydrogen (secondary N) is 1. The summed E-state index contributed by atoms with van der Waals surface area (Å²) < 4.78 is 1.71. The van der Waals surface area contributed by atoms with Gasteiger partial charge in [-0.15, -0.1) is 0 Å². The number of aromatic nitrogens is 2. The van der Waals surface area contributed by atoms with Gasteiger partial charge in [-0.3, -0.25) is 9.59 Å². The second-order valence-corrected chi connectivity index (χ2v) is 9.09. The molecule has 1 aromatic heterocycles. The number of anilines is 2. The Hall–Kier alpha value is -4.68. The number of piperidine rings is 1. The highest BCUT2D eigenvalue weighted by Crippen LogP contribution is 2.25. The monoisotopic (exact) mass is 494 g/mol. The molecule has 9 nitrogen and oxygen atoms in total. The number of hydrogen-bond donors (Lipinski definition) is 3. The first-order chi connectivity index (χ1) is 17.9. The van der Waals surface area contributed by atoms with Gasteiger partial charge in [-0.25, -0.2) is 4.68 Å². The van der Waals surface area contributed by atoms with Crippen molar-refractivity contribution in [1.82, 2.24) is 9.78 Å². The minimum absolute atomic E-state index is 0.0592. The molecule has 0 unspecified atom stereocenters. The van der Waals surface area contributed by atoms with E-state index in [0.29, 0.717) is 28.1 Å². The van der Waals surface area contributed by atoms with E-state index in [1.54, 1.807) is 47.3 Å². The Morgan fingerprint density at radius 3 is 2.49 bits per heavy atom. The third-order valence-corrected chi connectivity index (χ3v) is 6.65. The number of carbonyl (C=O) groups is 2. The number of carbonyl (C=O) groups excluding carboxylic acids is 2. The van der Waals surface area contributed by atoms with Gasteiger partial charge in [0.15, 0.2) is 0 Å². The number of hydrogen-bond acceptors (Lipinski definition) is 6. The number of amides is 2. The molecule has 1 fully saturated rings. The standard InChI is InChI=1S/C28H26N6O3/c29-12-9-19-16-23(6-7-25(19)27(30)36)34-26-8-3-21(15-20(26)17-31-34)32-28(37)18-1-4-22(5-2-18)33-13-10-24(35)11-14-33/h1-8,15-17,24,35H,9-11,13-14H2,(H2,30,36)(H,32,37). The molecule has 186 valence electrons. The molecule has 3 aromatic carbocycles. The summed E-state index contributed by atoms with van der Waals surface area (Å²) in [5.41, 5.74) is 10.0. The lowest BCUT2D eigenvalue weighted by Gasteiger charge is -2.31. The molecule has 9 heteroatoms. The van der Waals surface area contributed by atoms with E-state index in [2.05, 4.69) is 21.4 Å². The quantitative estimate of drug-likeness (QED) is 0.376. The van der Waals surface area contributed by atoms with Gasteiger partial charge in [0.05, 0.1) is 36.0 Å². The topological polar surface area (TPSA) is 137 Å². The van der Waals surface area contributed by atoms with E-state index >= 15 is 0 Å². The largest absolute Gasteiger partial charge is 0.393 e. The Morgan fingerprint density at radius 2 is 1.78 bits per heavy atom. The number of rotatable bonds is 6. The van der Waals surface area contributed by atoms with Gasteiger partial charge in [-0.2, -0.15) is 10.4 Å². The predicted molar refractivity (Wildman–Crippen MR) is 141 cm³/mol. The second-order valence-electron chi connectivity index (χ2n) is 9.09. The minimum atomic E-state index is -0.580. The fourth-order valence-electron chi connectivity index (χ4n) is 4.65. The summed E-state index contributed by atoms with van der Waals surface area (Å²) in [7, 11) is 0. The van der Waals surface area contributed by atoms with Gasteiger partial charge in [0, 0.05) is 41.0 Å². The lowest BCUT2D eigenvalue weighted by atomic mass is 10.0. The number of aliphatic hydroxyl groups excluding tert-OH is 1. The molecular formula is C28H26N6O3. The van der Waals surface area contributed by atoms with Crippen LogP contribution in [0.2, 0.25) is 0 Å². The van der Waals surface area contributed by atoms with Crippen LogP contribution in [0.3, 0.4) is 0 Å². The summed E-state index contributed by atoms with van der Waals surface area (Å²) in [6.07, 6.45) is 3.03. The van der Waals surface area contributed by atoms with E-state index < -0.39 is 5.91 Å². The molecule has 0 spiro atoms. The van der Waals surface area contributed by atoms with Gasteiger partial charge < -0.3 is 21.1 Å². The number of nitrogens with two attached hydrogens (primary N) is 1. The van der Waals surface area contributed by atoms with Crippen molar-refractivity contribution in [2.75, 3.05) is 23.3 Å². The molecule has 0 radical (unpaired) electrons. The molecule has 37 heavy (non-hydrogen) atoms. The Bertz CT molecular complexity index is 1510. The van der Waals surface area contributed by atoms with Crippen LogP contribution in [-0.2, 0) is 6.42 Å². The van der Waals surface area contributed by atoms with Crippen molar-refractivity contribution in [3.05, 3.63) is 83.6 Å². The number of nitriles is 1. The normalized spacial score (nSPS) is 13.9. The van der Waals surface area contributed by atoms with Crippen LogP contribution in [0.25, 0.3) is 16.6 Å². The van der Waals surface area contributed by atoms with Gasteiger partial charge >= 0.3 is 0 Å². The van der Waals surface area contributed by atoms with E-state index in [0.717, 1.165) is 42.5 Å². The fraction of sp³-hybridized carbons (Fsp3) is 0.214. The number of aliphatic hydroxyl groups is 1. The average Bonchev–Trinajstić information content (AvgIpc) is 3.32. The zero-order valence-electron chi connectivity index (χ0n) is 20.1. The van der Waals surface area contributed by atoms with E-state index in [9.17, 15) is 14.7 Å². The fourth-order valence-corrected chi connectivity index (χ4v) is 4.65. The summed E-state index contributed by atoms with van der Waals surface area (Å²) in [4.78, 5) is 26.7. The van der Waals surface area contributed by atoms with Crippen LogP contribution in [0.5, 0.6) is 0 Å². The third kappa shape index (κ3) is 5.01. The molecule has 4 aromatic rings. The Balaban J connectivity index is 1.32. The number of nitrogens with zero attached hydrogens (tertiary/aromatic N) is 4. The average molecular weight is 495 g/mol. The van der Waals surface area contributed by atoms with Crippen LogP contribution >= 0.6 is 0 Å². The first-order valence-electron chi connectivity index (χ1n) is 12.0. The molecule has 4 N–H and O–H groups in total. The van der Waals surface area contributed by atoms with Crippen LogP contribution in [0.1, 0.15) is 39.1 Å². The molecule has 0 aliphatic carbocycles. The molecule has 2 heterocycles. The van der Waals surface area contributed by atoms with Gasteiger partial charge in [0.25, 0.3) is 5.91 Å². The number of primary amides is 1. The third-order valence-electron chi connectivity index (χ3n) is 6.65. The molecule has 1 aliphatic heterocycles. The molecule has 1 aliphatic rings. The SMILES string of the molecule is N#CCc1cc(-n2ncc3cc(NC(=O)c4ccc(N5CCC(O)CC5)cc4)ccc32)ccc1C(N)=O. The summed E-state index contributed by atoms with van der Waals surface area (Å²) in [5, 5.41) is 27.0. The van der Waals surface area contributed by atoms with Crippen molar-refractivity contribution in [3.63, 3.8) is 0 Å². The van der Waals surface area contributed by atoms with E-state index in [1.807, 2.05) is 24.3 Å². The van der Waals surface area contributed by atoms with Crippen LogP contribution in [0.15, 0.2) is 66.9 Å². The van der Waals surface area contributed by atoms with Crippen molar-refractivity contribution in [1.29, 1.82) is 5.26 Å². The maximum Gasteiger partial charge on any atom is 0.255 e. The van der Waals surface area contributed by atoms with E-state index in [4.69, 9.17) is 11.0 Å². The van der Waals surface area contributed by atoms with E-state index in [-0.39, 0.29) is 18.4 Å². The maximum atomic E-state index is 12.9. The van der Waals surface area contributed by atoms with Gasteiger partial charge in [-0.1, -0.05) is 0 Å². The highest BCUT2D eigenvalue weighted by molar-refractivity contribution is 6.05. The summed E-state index contributed by atoms with van der Waals surface area (Å²) in [6.45, 7) is 1.60. The smallest absolute Gasteiger partial charge is 0.255 e. The van der Waals surface area contributed by atoms with Crippen molar-refractivity contribution in [3.8, 4) is 11.8 Å². The predicted octanol–water partition coefficient (Wildman–Crippen LogP) is 3.40. The molecule has 1 saturated heterocycles. The van der Waals surface area contributed by atoms with Gasteiger partial charge in [-0.05, 0) is 79.1 Å². The van der Waals surface area contributed by atoms with Crippen LogP contribution in [-0.4, -0.2) is 45.9 Å². The first-order valence-corrected chi connectivity index (χ1v) is 12.0. The van der Waals surface area contributed by atoms with Crippen LogP contribution in [0.4, 0.5) is 11.4 Å². The zero-order valence-corrected chi connectivity index (χ0v) is 20.1. The highest BCUT2D eigenvalue weighted by atomic mass is 16.3. The Labute approximate surface area is 213 Å². The summed E-state index contributed by atoms with van der Waals surface area (Å²) >= 11 is 0. The zero-order chi connectivity index (χ0) is 25.9. The second kappa shape index (κ2) is 10.1. The molecule has 0 bridgehead atoms. The Kier molecular flexibility index (Phi) is 6.58. The summed E-state index contributed by atoms with van der Waals surface area (Å²) in [5.74, 6) is -0.793. The van der Waals surface area contributed by atoms with Crippen molar-refractivity contribution >= 4 is 34.1 Å². The molecular weight excluding hydrogens is 468 g/mol. The lowest BCUT2D eigenvalue weighted by Crippen LogP contribution is -2.35. The molecule has 2 amide bonds. The Morgan fingerprint density at radius 1 is 1.05 bits per heavy atom.